The Morgan fingerprint density at radius 2 is 2.00 bits per heavy atom. The minimum atomic E-state index is 0.120. The maximum Gasteiger partial charge on any atom is 0.228 e. The molecule has 0 bridgehead atoms. The zero-order chi connectivity index (χ0) is 15.5. The predicted molar refractivity (Wildman–Crippen MR) is 85.4 cm³/mol. The Labute approximate surface area is 130 Å². The Balaban J connectivity index is 2.18. The van der Waals surface area contributed by atoms with Gasteiger partial charge in [0.25, 0.3) is 0 Å². The van der Waals surface area contributed by atoms with Crippen LogP contribution in [0.5, 0.6) is 0 Å². The molecule has 0 amide bonds. The molecule has 0 saturated heterocycles. The van der Waals surface area contributed by atoms with Crippen molar-refractivity contribution < 1.29 is 4.52 Å². The standard InChI is InChI=1S/C16H22ClN3O/c1-5-18-13(16(2,3)4)10-14-19-15(20-21-14)11-8-6-7-9-12(11)17/h6-9,13,18H,5,10H2,1-4H3. The van der Waals surface area contributed by atoms with Crippen molar-refractivity contribution in [2.75, 3.05) is 6.54 Å². The molecule has 1 atom stereocenters. The Hall–Kier alpha value is -1.39. The number of nitrogens with zero attached hydrogens (tertiary/aromatic N) is 2. The SMILES string of the molecule is CCNC(Cc1nc(-c2ccccc2Cl)no1)C(C)(C)C. The molecule has 0 saturated carbocycles. The first-order chi connectivity index (χ1) is 9.91. The summed E-state index contributed by atoms with van der Waals surface area (Å²) in [5.74, 6) is 1.17. The van der Waals surface area contributed by atoms with Gasteiger partial charge in [0.1, 0.15) is 0 Å². The lowest BCUT2D eigenvalue weighted by Gasteiger charge is -2.30. The van der Waals surface area contributed by atoms with Crippen LogP contribution in [0.1, 0.15) is 33.6 Å². The predicted octanol–water partition coefficient (Wildman–Crippen LogP) is 3.96. The van der Waals surface area contributed by atoms with Gasteiger partial charge in [-0.1, -0.05) is 56.6 Å². The summed E-state index contributed by atoms with van der Waals surface area (Å²) in [5.41, 5.74) is 0.916. The van der Waals surface area contributed by atoms with Gasteiger partial charge < -0.3 is 9.84 Å². The van der Waals surface area contributed by atoms with E-state index >= 15 is 0 Å². The molecule has 0 spiro atoms. The zero-order valence-electron chi connectivity index (χ0n) is 13.0. The van der Waals surface area contributed by atoms with E-state index in [1.807, 2.05) is 24.3 Å². The monoisotopic (exact) mass is 307 g/mol. The van der Waals surface area contributed by atoms with E-state index in [0.29, 0.717) is 23.2 Å². The molecule has 1 unspecified atom stereocenters. The number of halogens is 1. The van der Waals surface area contributed by atoms with E-state index in [2.05, 4.69) is 43.2 Å². The van der Waals surface area contributed by atoms with Crippen LogP contribution in [-0.4, -0.2) is 22.7 Å². The van der Waals surface area contributed by atoms with Crippen LogP contribution in [0.3, 0.4) is 0 Å². The summed E-state index contributed by atoms with van der Waals surface area (Å²) in [6.07, 6.45) is 0.703. The van der Waals surface area contributed by atoms with E-state index in [-0.39, 0.29) is 11.5 Å². The summed E-state index contributed by atoms with van der Waals surface area (Å²) in [6, 6.07) is 7.79. The summed E-state index contributed by atoms with van der Waals surface area (Å²) in [5, 5.41) is 8.15. The third-order valence-corrected chi connectivity index (χ3v) is 3.79. The van der Waals surface area contributed by atoms with Crippen LogP contribution in [0, 0.1) is 5.41 Å². The molecule has 0 radical (unpaired) electrons. The van der Waals surface area contributed by atoms with E-state index in [9.17, 15) is 0 Å². The first kappa shape index (κ1) is 16.0. The van der Waals surface area contributed by atoms with Gasteiger partial charge in [-0.15, -0.1) is 0 Å². The van der Waals surface area contributed by atoms with Crippen molar-refractivity contribution in [2.45, 2.75) is 40.2 Å². The molecule has 0 fully saturated rings. The van der Waals surface area contributed by atoms with E-state index in [4.69, 9.17) is 16.1 Å². The molecule has 1 aromatic carbocycles. The highest BCUT2D eigenvalue weighted by Crippen LogP contribution is 2.26. The molecule has 5 heteroatoms. The largest absolute Gasteiger partial charge is 0.339 e. The van der Waals surface area contributed by atoms with Crippen LogP contribution >= 0.6 is 11.6 Å². The number of benzene rings is 1. The molecule has 1 N–H and O–H groups in total. The molecule has 1 aromatic heterocycles. The smallest absolute Gasteiger partial charge is 0.228 e. The maximum absolute atomic E-state index is 6.16. The maximum atomic E-state index is 6.16. The van der Waals surface area contributed by atoms with Gasteiger partial charge in [0.05, 0.1) is 5.02 Å². The van der Waals surface area contributed by atoms with Crippen molar-refractivity contribution in [1.29, 1.82) is 0 Å². The average molecular weight is 308 g/mol. The summed E-state index contributed by atoms with van der Waals surface area (Å²) in [7, 11) is 0. The van der Waals surface area contributed by atoms with Gasteiger partial charge >= 0.3 is 0 Å². The fraction of sp³-hybridized carbons (Fsp3) is 0.500. The lowest BCUT2D eigenvalue weighted by Crippen LogP contribution is -2.41. The van der Waals surface area contributed by atoms with E-state index < -0.39 is 0 Å². The van der Waals surface area contributed by atoms with Crippen molar-refractivity contribution in [3.05, 3.63) is 35.2 Å². The number of likely N-dealkylation sites (N-methyl/N-ethyl adjacent to an activating group) is 1. The van der Waals surface area contributed by atoms with Crippen LogP contribution in [0.2, 0.25) is 5.02 Å². The summed E-state index contributed by atoms with van der Waals surface area (Å²) in [4.78, 5) is 4.47. The molecule has 0 aliphatic carbocycles. The normalized spacial score (nSPS) is 13.4. The molecule has 0 aliphatic heterocycles. The minimum Gasteiger partial charge on any atom is -0.339 e. The van der Waals surface area contributed by atoms with Crippen LogP contribution in [0.15, 0.2) is 28.8 Å². The second kappa shape index (κ2) is 6.58. The molecular weight excluding hydrogens is 286 g/mol. The van der Waals surface area contributed by atoms with Gasteiger partial charge in [0.15, 0.2) is 0 Å². The van der Waals surface area contributed by atoms with Crippen LogP contribution < -0.4 is 5.32 Å². The fourth-order valence-electron chi connectivity index (χ4n) is 2.20. The molecular formula is C16H22ClN3O. The Kier molecular flexibility index (Phi) is 5.01. The van der Waals surface area contributed by atoms with Crippen LogP contribution in [-0.2, 0) is 6.42 Å². The van der Waals surface area contributed by atoms with Gasteiger partial charge in [-0.05, 0) is 24.1 Å². The van der Waals surface area contributed by atoms with Gasteiger partial charge in [-0.3, -0.25) is 0 Å². The molecule has 21 heavy (non-hydrogen) atoms. The molecule has 1 heterocycles. The third kappa shape index (κ3) is 4.05. The summed E-state index contributed by atoms with van der Waals surface area (Å²) >= 11 is 6.16. The first-order valence-corrected chi connectivity index (χ1v) is 7.60. The van der Waals surface area contributed by atoms with Crippen LogP contribution in [0.4, 0.5) is 0 Å². The Morgan fingerprint density at radius 1 is 1.29 bits per heavy atom. The fourth-order valence-corrected chi connectivity index (χ4v) is 2.42. The second-order valence-corrected chi connectivity index (χ2v) is 6.58. The highest BCUT2D eigenvalue weighted by atomic mass is 35.5. The zero-order valence-corrected chi connectivity index (χ0v) is 13.7. The van der Waals surface area contributed by atoms with E-state index in [0.717, 1.165) is 12.1 Å². The average Bonchev–Trinajstić information content (AvgIpc) is 2.86. The number of hydrogen-bond donors (Lipinski definition) is 1. The molecule has 114 valence electrons. The third-order valence-electron chi connectivity index (χ3n) is 3.46. The van der Waals surface area contributed by atoms with Gasteiger partial charge in [0, 0.05) is 18.0 Å². The number of rotatable bonds is 5. The highest BCUT2D eigenvalue weighted by molar-refractivity contribution is 6.33. The minimum absolute atomic E-state index is 0.120. The quantitative estimate of drug-likeness (QED) is 0.908. The topological polar surface area (TPSA) is 51.0 Å². The molecule has 2 rings (SSSR count). The number of hydrogen-bond acceptors (Lipinski definition) is 4. The van der Waals surface area contributed by atoms with Crippen molar-refractivity contribution in [3.63, 3.8) is 0 Å². The van der Waals surface area contributed by atoms with Crippen molar-refractivity contribution >= 4 is 11.6 Å². The second-order valence-electron chi connectivity index (χ2n) is 6.17. The van der Waals surface area contributed by atoms with Gasteiger partial charge in [-0.25, -0.2) is 0 Å². The molecule has 4 nitrogen and oxygen atoms in total. The molecule has 0 aliphatic rings. The van der Waals surface area contributed by atoms with E-state index in [1.54, 1.807) is 0 Å². The number of aromatic nitrogens is 2. The van der Waals surface area contributed by atoms with Crippen molar-refractivity contribution in [3.8, 4) is 11.4 Å². The van der Waals surface area contributed by atoms with Gasteiger partial charge in [-0.2, -0.15) is 4.98 Å². The van der Waals surface area contributed by atoms with E-state index in [1.165, 1.54) is 0 Å². The Morgan fingerprint density at radius 3 is 2.62 bits per heavy atom. The summed E-state index contributed by atoms with van der Waals surface area (Å²) < 4.78 is 5.39. The first-order valence-electron chi connectivity index (χ1n) is 7.22. The lowest BCUT2D eigenvalue weighted by molar-refractivity contribution is 0.247. The van der Waals surface area contributed by atoms with Crippen LogP contribution in [0.25, 0.3) is 11.4 Å². The van der Waals surface area contributed by atoms with Crippen molar-refractivity contribution in [2.24, 2.45) is 5.41 Å². The van der Waals surface area contributed by atoms with Crippen molar-refractivity contribution in [1.82, 2.24) is 15.5 Å². The lowest BCUT2D eigenvalue weighted by atomic mass is 9.84. The number of nitrogens with one attached hydrogen (secondary N) is 1. The Bertz CT molecular complexity index is 589. The molecule has 2 aromatic rings. The summed E-state index contributed by atoms with van der Waals surface area (Å²) in [6.45, 7) is 9.61. The highest BCUT2D eigenvalue weighted by Gasteiger charge is 2.26. The van der Waals surface area contributed by atoms with Gasteiger partial charge in [0.2, 0.25) is 11.7 Å².